The third-order valence-corrected chi connectivity index (χ3v) is 4.81. The summed E-state index contributed by atoms with van der Waals surface area (Å²) in [6, 6.07) is 12.8. The number of aryl methyl sites for hydroxylation is 3. The molecule has 26 heavy (non-hydrogen) atoms. The first-order chi connectivity index (χ1) is 12.4. The summed E-state index contributed by atoms with van der Waals surface area (Å²) in [5.74, 6) is -0.423. The second-order valence-corrected chi connectivity index (χ2v) is 6.45. The van der Waals surface area contributed by atoms with E-state index < -0.39 is 5.97 Å². The van der Waals surface area contributed by atoms with Gasteiger partial charge in [-0.1, -0.05) is 25.1 Å². The Morgan fingerprint density at radius 1 is 1.00 bits per heavy atom. The summed E-state index contributed by atoms with van der Waals surface area (Å²) in [4.78, 5) is 11.5. The van der Waals surface area contributed by atoms with Crippen LogP contribution < -0.4 is 4.74 Å². The molecular formula is C22H22O4. The Bertz CT molecular complexity index is 969. The number of phenolic OH excluding ortho intramolecular Hbond substituents is 1. The van der Waals surface area contributed by atoms with Gasteiger partial charge in [-0.15, -0.1) is 0 Å². The number of aromatic hydroxyl groups is 1. The molecule has 3 rings (SSSR count). The van der Waals surface area contributed by atoms with Crippen molar-refractivity contribution in [2.45, 2.75) is 33.8 Å². The van der Waals surface area contributed by atoms with Gasteiger partial charge in [0.05, 0.1) is 5.56 Å². The zero-order valence-electron chi connectivity index (χ0n) is 15.2. The second kappa shape index (κ2) is 7.08. The monoisotopic (exact) mass is 350 g/mol. The Morgan fingerprint density at radius 3 is 2.31 bits per heavy atom. The molecule has 0 spiro atoms. The van der Waals surface area contributed by atoms with Gasteiger partial charge >= 0.3 is 5.97 Å². The lowest BCUT2D eigenvalue weighted by atomic mass is 9.96. The van der Waals surface area contributed by atoms with Gasteiger partial charge in [0.15, 0.2) is 0 Å². The minimum absolute atomic E-state index is 0.0316. The highest BCUT2D eigenvalue weighted by molar-refractivity contribution is 6.01. The number of carboxylic acid groups (broad SMARTS) is 1. The van der Waals surface area contributed by atoms with Crippen LogP contribution in [0.1, 0.15) is 39.5 Å². The van der Waals surface area contributed by atoms with Crippen LogP contribution in [0.5, 0.6) is 11.5 Å². The van der Waals surface area contributed by atoms with Crippen LogP contribution in [0.4, 0.5) is 0 Å². The number of fused-ring (bicyclic) bond motifs is 1. The molecule has 0 radical (unpaired) electrons. The van der Waals surface area contributed by atoms with Gasteiger partial charge in [-0.3, -0.25) is 0 Å². The smallest absolute Gasteiger partial charge is 0.336 e. The third kappa shape index (κ3) is 3.23. The molecule has 134 valence electrons. The normalized spacial score (nSPS) is 10.9. The number of rotatable bonds is 5. The highest BCUT2D eigenvalue weighted by Gasteiger charge is 2.16. The maximum absolute atomic E-state index is 11.5. The van der Waals surface area contributed by atoms with E-state index in [4.69, 9.17) is 4.74 Å². The molecule has 0 aromatic heterocycles. The van der Waals surface area contributed by atoms with E-state index in [2.05, 4.69) is 26.0 Å². The van der Waals surface area contributed by atoms with Crippen molar-refractivity contribution in [2.24, 2.45) is 0 Å². The van der Waals surface area contributed by atoms with Crippen molar-refractivity contribution in [1.29, 1.82) is 0 Å². The van der Waals surface area contributed by atoms with E-state index in [0.29, 0.717) is 35.1 Å². The largest absolute Gasteiger partial charge is 0.507 e. The topological polar surface area (TPSA) is 66.8 Å². The highest BCUT2D eigenvalue weighted by Crippen LogP contribution is 2.34. The average molecular weight is 350 g/mol. The van der Waals surface area contributed by atoms with E-state index in [0.717, 1.165) is 5.56 Å². The number of carboxylic acids is 1. The molecule has 2 N–H and O–H groups in total. The average Bonchev–Trinajstić information content (AvgIpc) is 2.61. The fourth-order valence-electron chi connectivity index (χ4n) is 3.34. The van der Waals surface area contributed by atoms with Crippen molar-refractivity contribution < 1.29 is 19.7 Å². The van der Waals surface area contributed by atoms with Crippen LogP contribution >= 0.6 is 0 Å². The van der Waals surface area contributed by atoms with Gasteiger partial charge in [-0.25, -0.2) is 4.79 Å². The van der Waals surface area contributed by atoms with E-state index >= 15 is 0 Å². The molecule has 0 aliphatic rings. The lowest BCUT2D eigenvalue weighted by molar-refractivity contribution is 0.0695. The Hall–Kier alpha value is -3.01. The van der Waals surface area contributed by atoms with Crippen molar-refractivity contribution >= 4 is 16.7 Å². The Labute approximate surface area is 152 Å². The predicted molar refractivity (Wildman–Crippen MR) is 102 cm³/mol. The molecular weight excluding hydrogens is 328 g/mol. The minimum atomic E-state index is -1.04. The first kappa shape index (κ1) is 17.8. The summed E-state index contributed by atoms with van der Waals surface area (Å²) < 4.78 is 5.97. The SMILES string of the molecule is CCc1c(C(=O)O)cc(O)c2ccc(OCc3c(C)cccc3C)cc12. The van der Waals surface area contributed by atoms with Crippen LogP contribution in [-0.4, -0.2) is 16.2 Å². The molecule has 0 saturated heterocycles. The maximum atomic E-state index is 11.5. The van der Waals surface area contributed by atoms with Crippen LogP contribution in [0, 0.1) is 13.8 Å². The van der Waals surface area contributed by atoms with Crippen LogP contribution in [0.2, 0.25) is 0 Å². The molecule has 3 aromatic carbocycles. The number of benzene rings is 3. The summed E-state index contributed by atoms with van der Waals surface area (Å²) in [6.45, 7) is 6.45. The molecule has 0 saturated carbocycles. The van der Waals surface area contributed by atoms with Gasteiger partial charge in [0.2, 0.25) is 0 Å². The van der Waals surface area contributed by atoms with Crippen LogP contribution in [0.25, 0.3) is 10.8 Å². The van der Waals surface area contributed by atoms with Crippen molar-refractivity contribution in [3.05, 3.63) is 70.3 Å². The molecule has 4 heteroatoms. The van der Waals surface area contributed by atoms with Crippen LogP contribution in [0.15, 0.2) is 42.5 Å². The lowest BCUT2D eigenvalue weighted by Crippen LogP contribution is -2.03. The van der Waals surface area contributed by atoms with E-state index in [1.807, 2.05) is 19.1 Å². The summed E-state index contributed by atoms with van der Waals surface area (Å²) >= 11 is 0. The zero-order valence-corrected chi connectivity index (χ0v) is 15.2. The minimum Gasteiger partial charge on any atom is -0.507 e. The van der Waals surface area contributed by atoms with Gasteiger partial charge in [0.1, 0.15) is 18.1 Å². The summed E-state index contributed by atoms with van der Waals surface area (Å²) in [7, 11) is 0. The predicted octanol–water partition coefficient (Wildman–Crippen LogP) is 5.00. The summed E-state index contributed by atoms with van der Waals surface area (Å²) in [6.07, 6.45) is 0.554. The number of hydrogen-bond donors (Lipinski definition) is 2. The van der Waals surface area contributed by atoms with Gasteiger partial charge in [-0.05, 0) is 72.2 Å². The molecule has 0 heterocycles. The standard InChI is InChI=1S/C22H22O4/c1-4-16-18-10-15(26-12-20-13(2)6-5-7-14(20)3)8-9-17(18)21(23)11-19(16)22(24)25/h5-11,23H,4,12H2,1-3H3,(H,24,25). The Balaban J connectivity index is 2.02. The molecule has 0 atom stereocenters. The van der Waals surface area contributed by atoms with E-state index in [1.54, 1.807) is 12.1 Å². The number of ether oxygens (including phenoxy) is 1. The first-order valence-electron chi connectivity index (χ1n) is 8.62. The van der Waals surface area contributed by atoms with Gasteiger partial charge in [0.25, 0.3) is 0 Å². The number of carbonyl (C=O) groups is 1. The van der Waals surface area contributed by atoms with Crippen molar-refractivity contribution in [3.8, 4) is 11.5 Å². The van der Waals surface area contributed by atoms with Crippen molar-refractivity contribution in [3.63, 3.8) is 0 Å². The molecule has 0 bridgehead atoms. The van der Waals surface area contributed by atoms with Crippen molar-refractivity contribution in [2.75, 3.05) is 0 Å². The lowest BCUT2D eigenvalue weighted by Gasteiger charge is -2.14. The summed E-state index contributed by atoms with van der Waals surface area (Å²) in [5.41, 5.74) is 4.31. The highest BCUT2D eigenvalue weighted by atomic mass is 16.5. The third-order valence-electron chi connectivity index (χ3n) is 4.81. The number of hydrogen-bond acceptors (Lipinski definition) is 3. The number of phenols is 1. The van der Waals surface area contributed by atoms with Gasteiger partial charge < -0.3 is 14.9 Å². The maximum Gasteiger partial charge on any atom is 0.336 e. The molecule has 0 aliphatic heterocycles. The molecule has 0 fully saturated rings. The van der Waals surface area contributed by atoms with Crippen LogP contribution in [-0.2, 0) is 13.0 Å². The van der Waals surface area contributed by atoms with Crippen LogP contribution in [0.3, 0.4) is 0 Å². The number of aromatic carboxylic acids is 1. The summed E-state index contributed by atoms with van der Waals surface area (Å²) in [5, 5.41) is 21.0. The Kier molecular flexibility index (Phi) is 4.85. The van der Waals surface area contributed by atoms with E-state index in [-0.39, 0.29) is 11.3 Å². The van der Waals surface area contributed by atoms with Crippen molar-refractivity contribution in [1.82, 2.24) is 0 Å². The molecule has 0 aliphatic carbocycles. The quantitative estimate of drug-likeness (QED) is 0.679. The Morgan fingerprint density at radius 2 is 1.69 bits per heavy atom. The van der Waals surface area contributed by atoms with Gasteiger partial charge in [0, 0.05) is 5.39 Å². The molecule has 3 aromatic rings. The zero-order chi connectivity index (χ0) is 18.8. The van der Waals surface area contributed by atoms with Gasteiger partial charge in [-0.2, -0.15) is 0 Å². The fraction of sp³-hybridized carbons (Fsp3) is 0.227. The molecule has 4 nitrogen and oxygen atoms in total. The fourth-order valence-corrected chi connectivity index (χ4v) is 3.34. The first-order valence-corrected chi connectivity index (χ1v) is 8.62. The van der Waals surface area contributed by atoms with E-state index in [1.165, 1.54) is 17.2 Å². The molecule has 0 unspecified atom stereocenters. The second-order valence-electron chi connectivity index (χ2n) is 6.45. The molecule has 0 amide bonds. The van der Waals surface area contributed by atoms with E-state index in [9.17, 15) is 15.0 Å².